The standard InChI is InChI=1S/C21H29N5O3/c1-13-6-7-21(2,3)24-20(27)29-16-5-4-14(8-16)18-10-19(26-25-18)23-15-9-17(28-13)12-22-11-15/h9-14,16H,4-8H2,1-3H3,(H,24,27)(H2,23,25,26)/t13-,14-,16+/m0/s1. The number of amides is 1. The van der Waals surface area contributed by atoms with E-state index in [0.29, 0.717) is 11.7 Å². The summed E-state index contributed by atoms with van der Waals surface area (Å²) in [7, 11) is 0. The molecule has 0 saturated heterocycles. The van der Waals surface area contributed by atoms with Gasteiger partial charge in [0.2, 0.25) is 0 Å². The molecule has 8 nitrogen and oxygen atoms in total. The van der Waals surface area contributed by atoms with Crippen LogP contribution in [0.4, 0.5) is 16.3 Å². The maximum atomic E-state index is 12.4. The summed E-state index contributed by atoms with van der Waals surface area (Å²) in [6.07, 6.45) is 7.21. The van der Waals surface area contributed by atoms with Crippen molar-refractivity contribution in [3.05, 3.63) is 30.2 Å². The second kappa shape index (κ2) is 7.93. The maximum Gasteiger partial charge on any atom is 0.407 e. The largest absolute Gasteiger partial charge is 0.489 e. The summed E-state index contributed by atoms with van der Waals surface area (Å²) >= 11 is 0. The molecule has 1 saturated carbocycles. The van der Waals surface area contributed by atoms with Crippen molar-refractivity contribution in [1.29, 1.82) is 0 Å². The lowest BCUT2D eigenvalue weighted by Crippen LogP contribution is -2.45. The first kappa shape index (κ1) is 19.5. The number of anilines is 2. The van der Waals surface area contributed by atoms with Crippen molar-refractivity contribution in [2.45, 2.75) is 76.5 Å². The van der Waals surface area contributed by atoms with Crippen LogP contribution in [-0.2, 0) is 4.74 Å². The van der Waals surface area contributed by atoms with E-state index in [-0.39, 0.29) is 23.8 Å². The Morgan fingerprint density at radius 3 is 2.86 bits per heavy atom. The number of pyridine rings is 1. The summed E-state index contributed by atoms with van der Waals surface area (Å²) < 4.78 is 11.7. The van der Waals surface area contributed by atoms with Crippen molar-refractivity contribution in [1.82, 2.24) is 20.5 Å². The van der Waals surface area contributed by atoms with Gasteiger partial charge in [-0.15, -0.1) is 0 Å². The van der Waals surface area contributed by atoms with Gasteiger partial charge in [0, 0.05) is 29.3 Å². The highest BCUT2D eigenvalue weighted by molar-refractivity contribution is 5.68. The topological polar surface area (TPSA) is 101 Å². The summed E-state index contributed by atoms with van der Waals surface area (Å²) in [6.45, 7) is 6.04. The third kappa shape index (κ3) is 4.99. The van der Waals surface area contributed by atoms with Crippen molar-refractivity contribution in [3.63, 3.8) is 0 Å². The number of aromatic nitrogens is 3. The summed E-state index contributed by atoms with van der Waals surface area (Å²) in [5.74, 6) is 1.73. The van der Waals surface area contributed by atoms with E-state index in [1.54, 1.807) is 12.4 Å². The molecule has 2 aliphatic rings. The maximum absolute atomic E-state index is 12.4. The van der Waals surface area contributed by atoms with Crippen molar-refractivity contribution in [2.75, 3.05) is 5.32 Å². The second-order valence-corrected chi connectivity index (χ2v) is 8.76. The lowest BCUT2D eigenvalue weighted by atomic mass is 9.97. The van der Waals surface area contributed by atoms with Gasteiger partial charge in [0.1, 0.15) is 11.9 Å². The van der Waals surface area contributed by atoms with Gasteiger partial charge in [-0.1, -0.05) is 0 Å². The Morgan fingerprint density at radius 2 is 2.00 bits per heavy atom. The van der Waals surface area contributed by atoms with Gasteiger partial charge in [-0.05, 0) is 52.9 Å². The first-order valence-electron chi connectivity index (χ1n) is 10.3. The molecule has 1 aliphatic heterocycles. The highest BCUT2D eigenvalue weighted by Gasteiger charge is 2.31. The fourth-order valence-corrected chi connectivity index (χ4v) is 4.01. The number of fused-ring (bicyclic) bond motifs is 7. The van der Waals surface area contributed by atoms with Gasteiger partial charge in [-0.2, -0.15) is 5.10 Å². The lowest BCUT2D eigenvalue weighted by Gasteiger charge is -2.28. The van der Waals surface area contributed by atoms with E-state index in [1.165, 1.54) is 0 Å². The number of nitrogens with zero attached hydrogens (tertiary/aromatic N) is 2. The Kier molecular flexibility index (Phi) is 5.34. The second-order valence-electron chi connectivity index (χ2n) is 8.76. The summed E-state index contributed by atoms with van der Waals surface area (Å²) in [5.41, 5.74) is 1.50. The minimum atomic E-state index is -0.377. The summed E-state index contributed by atoms with van der Waals surface area (Å²) in [5, 5.41) is 13.8. The van der Waals surface area contributed by atoms with E-state index in [2.05, 4.69) is 25.8 Å². The number of alkyl carbamates (subject to hydrolysis) is 1. The van der Waals surface area contributed by atoms with Crippen LogP contribution in [0, 0.1) is 0 Å². The van der Waals surface area contributed by atoms with E-state index in [1.807, 2.05) is 32.9 Å². The molecule has 2 aromatic rings. The van der Waals surface area contributed by atoms with Gasteiger partial charge >= 0.3 is 6.09 Å². The van der Waals surface area contributed by atoms with E-state index < -0.39 is 0 Å². The van der Waals surface area contributed by atoms with Crippen LogP contribution in [0.2, 0.25) is 0 Å². The normalized spacial score (nSPS) is 26.9. The van der Waals surface area contributed by atoms with Crippen LogP contribution >= 0.6 is 0 Å². The molecule has 1 aliphatic carbocycles. The van der Waals surface area contributed by atoms with E-state index in [4.69, 9.17) is 9.47 Å². The van der Waals surface area contributed by atoms with Crippen LogP contribution in [0.25, 0.3) is 0 Å². The molecular formula is C21H29N5O3. The molecule has 0 spiro atoms. The van der Waals surface area contributed by atoms with Crippen LogP contribution < -0.4 is 15.4 Å². The molecule has 6 bridgehead atoms. The van der Waals surface area contributed by atoms with Crippen LogP contribution in [0.15, 0.2) is 24.5 Å². The zero-order chi connectivity index (χ0) is 20.4. The molecular weight excluding hydrogens is 370 g/mol. The zero-order valence-electron chi connectivity index (χ0n) is 17.2. The molecule has 1 fully saturated rings. The van der Waals surface area contributed by atoms with Gasteiger partial charge in [0.15, 0.2) is 5.82 Å². The Morgan fingerprint density at radius 1 is 1.14 bits per heavy atom. The Hall–Kier alpha value is -2.77. The average molecular weight is 399 g/mol. The molecule has 29 heavy (non-hydrogen) atoms. The smallest absolute Gasteiger partial charge is 0.407 e. The highest BCUT2D eigenvalue weighted by atomic mass is 16.6. The molecule has 8 heteroatoms. The van der Waals surface area contributed by atoms with Crippen LogP contribution in [0.1, 0.15) is 64.5 Å². The third-order valence-corrected chi connectivity index (χ3v) is 5.63. The summed E-state index contributed by atoms with van der Waals surface area (Å²) in [4.78, 5) is 16.7. The van der Waals surface area contributed by atoms with E-state index in [9.17, 15) is 4.79 Å². The van der Waals surface area contributed by atoms with Crippen LogP contribution in [-0.4, -0.2) is 39.0 Å². The lowest BCUT2D eigenvalue weighted by molar-refractivity contribution is 0.0900. The number of hydrogen-bond donors (Lipinski definition) is 3. The minimum Gasteiger partial charge on any atom is -0.489 e. The fourth-order valence-electron chi connectivity index (χ4n) is 4.01. The zero-order valence-corrected chi connectivity index (χ0v) is 17.2. The number of nitrogens with one attached hydrogen (secondary N) is 3. The van der Waals surface area contributed by atoms with Gasteiger partial charge in [0.25, 0.3) is 0 Å². The highest BCUT2D eigenvalue weighted by Crippen LogP contribution is 2.36. The predicted octanol–water partition coefficient (Wildman–Crippen LogP) is 4.25. The first-order chi connectivity index (χ1) is 13.9. The number of rotatable bonds is 0. The van der Waals surface area contributed by atoms with Crippen molar-refractivity contribution in [3.8, 4) is 5.75 Å². The number of aromatic amines is 1. The molecule has 3 atom stereocenters. The van der Waals surface area contributed by atoms with Gasteiger partial charge < -0.3 is 20.1 Å². The first-order valence-corrected chi connectivity index (χ1v) is 10.3. The molecule has 0 aromatic carbocycles. The quantitative estimate of drug-likeness (QED) is 0.612. The molecule has 4 rings (SSSR count). The Balaban J connectivity index is 1.57. The van der Waals surface area contributed by atoms with Crippen LogP contribution in [0.3, 0.4) is 0 Å². The molecule has 156 valence electrons. The molecule has 1 amide bonds. The average Bonchev–Trinajstić information content (AvgIpc) is 3.29. The summed E-state index contributed by atoms with van der Waals surface area (Å²) in [6, 6.07) is 3.93. The minimum absolute atomic E-state index is 0.0180. The van der Waals surface area contributed by atoms with Crippen molar-refractivity contribution >= 4 is 17.6 Å². The third-order valence-electron chi connectivity index (χ3n) is 5.63. The number of carbonyl (C=O) groups excluding carboxylic acids is 1. The number of ether oxygens (including phenoxy) is 2. The molecule has 3 heterocycles. The SMILES string of the molecule is C[C@H]1CCC(C)(C)NC(=O)O[C@@H]2CC[C@@H](C2)c2cc(n[nH]2)Nc2cncc(c2)O1. The van der Waals surface area contributed by atoms with Gasteiger partial charge in [-0.25, -0.2) is 4.79 Å². The van der Waals surface area contributed by atoms with Crippen LogP contribution in [0.5, 0.6) is 5.75 Å². The van der Waals surface area contributed by atoms with E-state index >= 15 is 0 Å². The Bertz CT molecular complexity index is 866. The predicted molar refractivity (Wildman–Crippen MR) is 110 cm³/mol. The number of H-pyrrole nitrogens is 1. The molecule has 3 N–H and O–H groups in total. The molecule has 0 radical (unpaired) electrons. The van der Waals surface area contributed by atoms with Crippen molar-refractivity contribution in [2.24, 2.45) is 0 Å². The van der Waals surface area contributed by atoms with Gasteiger partial charge in [0.05, 0.1) is 24.2 Å². The van der Waals surface area contributed by atoms with Gasteiger partial charge in [-0.3, -0.25) is 10.1 Å². The van der Waals surface area contributed by atoms with Crippen molar-refractivity contribution < 1.29 is 14.3 Å². The Labute approximate surface area is 170 Å². The number of carbonyl (C=O) groups is 1. The number of hydrogen-bond acceptors (Lipinski definition) is 6. The monoisotopic (exact) mass is 399 g/mol. The molecule has 2 aromatic heterocycles. The van der Waals surface area contributed by atoms with E-state index in [0.717, 1.165) is 49.3 Å². The fraction of sp³-hybridized carbons (Fsp3) is 0.571. The molecule has 0 unspecified atom stereocenters.